The Labute approximate surface area is 511 Å². The third-order valence-corrected chi connectivity index (χ3v) is 21.0. The molecule has 3 aliphatic carbocycles. The van der Waals surface area contributed by atoms with E-state index in [0.717, 1.165) is 43.4 Å². The van der Waals surface area contributed by atoms with Crippen molar-refractivity contribution in [2.24, 2.45) is 0 Å². The van der Waals surface area contributed by atoms with Crippen LogP contribution in [0.25, 0.3) is 27.8 Å². The van der Waals surface area contributed by atoms with Crippen molar-refractivity contribution in [2.75, 3.05) is 14.7 Å². The molecule has 0 aromatic heterocycles. The van der Waals surface area contributed by atoms with Crippen LogP contribution in [0.5, 0.6) is 0 Å². The Bertz CT molecular complexity index is 4370. The van der Waals surface area contributed by atoms with Gasteiger partial charge in [0.1, 0.15) is 0 Å². The minimum atomic E-state index is -0.329. The molecule has 0 N–H and O–H groups in total. The van der Waals surface area contributed by atoms with Crippen LogP contribution in [0.3, 0.4) is 0 Å². The second kappa shape index (κ2) is 19.8. The lowest BCUT2D eigenvalue weighted by Crippen LogP contribution is -2.62. The number of benzene rings is 9. The third kappa shape index (κ3) is 8.31. The summed E-state index contributed by atoms with van der Waals surface area (Å²) in [5, 5.41) is 0. The third-order valence-electron chi connectivity index (χ3n) is 21.0. The van der Waals surface area contributed by atoms with Gasteiger partial charge in [0.15, 0.2) is 0 Å². The first-order valence-corrected chi connectivity index (χ1v) is 31.8. The summed E-state index contributed by atoms with van der Waals surface area (Å²) in [6.07, 6.45) is 13.2. The highest BCUT2D eigenvalue weighted by molar-refractivity contribution is 7.00. The average Bonchev–Trinajstić information content (AvgIpc) is 1.31. The summed E-state index contributed by atoms with van der Waals surface area (Å²) in [6.45, 7) is 24.2. The smallest absolute Gasteiger partial charge is 0.252 e. The fraction of sp³-hybridized carbons (Fsp3) is 0.268. The van der Waals surface area contributed by atoms with Gasteiger partial charge in [-0.15, -0.1) is 0 Å². The van der Waals surface area contributed by atoms with E-state index in [1.54, 1.807) is 0 Å². The molecule has 3 unspecified atom stereocenters. The molecule has 3 aliphatic heterocycles. The van der Waals surface area contributed by atoms with Gasteiger partial charge >= 0.3 is 0 Å². The lowest BCUT2D eigenvalue weighted by Gasteiger charge is -2.53. The fourth-order valence-corrected chi connectivity index (χ4v) is 16.4. The van der Waals surface area contributed by atoms with Gasteiger partial charge in [0, 0.05) is 50.8 Å². The molecule has 0 bridgehead atoms. The van der Waals surface area contributed by atoms with E-state index in [9.17, 15) is 0 Å². The van der Waals surface area contributed by atoms with Crippen molar-refractivity contribution in [3.05, 3.63) is 263 Å². The van der Waals surface area contributed by atoms with Crippen LogP contribution in [0.2, 0.25) is 0 Å². The Hall–Kier alpha value is -8.52. The Balaban J connectivity index is 1.11. The number of fused-ring (bicyclic) bond motifs is 8. The van der Waals surface area contributed by atoms with E-state index in [-0.39, 0.29) is 33.9 Å². The van der Waals surface area contributed by atoms with Gasteiger partial charge in [-0.1, -0.05) is 226 Å². The molecule has 9 aromatic rings. The molecule has 3 heterocycles. The number of hydrogen-bond donors (Lipinski definition) is 0. The van der Waals surface area contributed by atoms with E-state index >= 15 is 0 Å². The van der Waals surface area contributed by atoms with Crippen LogP contribution in [-0.2, 0) is 21.7 Å². The molecular formula is C82H78BN3. The molecule has 0 spiro atoms. The molecule has 0 amide bonds. The van der Waals surface area contributed by atoms with Crippen molar-refractivity contribution in [3.63, 3.8) is 0 Å². The first kappa shape index (κ1) is 54.2. The molecule has 1 saturated carbocycles. The zero-order valence-electron chi connectivity index (χ0n) is 51.9. The van der Waals surface area contributed by atoms with Gasteiger partial charge in [0.05, 0.1) is 11.2 Å². The number of allylic oxidation sites excluding steroid dienone is 4. The summed E-state index contributed by atoms with van der Waals surface area (Å²) in [5.41, 5.74) is 35.3. The minimum Gasteiger partial charge on any atom is -0.334 e. The lowest BCUT2D eigenvalue weighted by molar-refractivity contribution is 0.215. The lowest BCUT2D eigenvalue weighted by atomic mass is 9.33. The monoisotopic (exact) mass is 1120 g/mol. The van der Waals surface area contributed by atoms with Gasteiger partial charge in [-0.25, -0.2) is 0 Å². The predicted octanol–water partition coefficient (Wildman–Crippen LogP) is 19.9. The summed E-state index contributed by atoms with van der Waals surface area (Å²) in [6, 6.07) is 75.9. The molecule has 3 atom stereocenters. The SMILES string of the molecule is CC1CCC(C)(C)c2cc3c(cc21)N(c1ccc(C(C)(C)C)cc1C1=CC=C=C=C1)c1cc(N2c4ccc(C(C)(C)C)cc4C4(c5ccccc5)CCCCC24C)cc2c1B3c1ccc(-c3ccccc3)cc1N2c1cccc(-c2ccccc2)c1. The first-order chi connectivity index (χ1) is 41.4. The molecule has 4 heteroatoms. The number of hydrogen-bond acceptors (Lipinski definition) is 3. The summed E-state index contributed by atoms with van der Waals surface area (Å²) < 4.78 is 0. The molecule has 15 rings (SSSR count). The summed E-state index contributed by atoms with van der Waals surface area (Å²) >= 11 is 0. The molecule has 9 aromatic carbocycles. The Morgan fingerprint density at radius 2 is 1.12 bits per heavy atom. The van der Waals surface area contributed by atoms with Crippen molar-refractivity contribution in [1.29, 1.82) is 0 Å². The predicted molar refractivity (Wildman–Crippen MR) is 366 cm³/mol. The Morgan fingerprint density at radius 3 is 1.80 bits per heavy atom. The number of nitrogens with zero attached hydrogens (tertiary/aromatic N) is 3. The van der Waals surface area contributed by atoms with Crippen LogP contribution >= 0.6 is 0 Å². The highest BCUT2D eigenvalue weighted by atomic mass is 15.3. The average molecular weight is 1120 g/mol. The molecule has 424 valence electrons. The fourth-order valence-electron chi connectivity index (χ4n) is 16.4. The second-order valence-corrected chi connectivity index (χ2v) is 28.7. The van der Waals surface area contributed by atoms with E-state index < -0.39 is 0 Å². The van der Waals surface area contributed by atoms with Crippen LogP contribution < -0.4 is 31.1 Å². The van der Waals surface area contributed by atoms with Crippen LogP contribution in [0.4, 0.5) is 45.5 Å². The molecule has 0 saturated heterocycles. The maximum absolute atomic E-state index is 3.40. The summed E-state index contributed by atoms with van der Waals surface area (Å²) in [5.74, 6) is 0.409. The van der Waals surface area contributed by atoms with E-state index in [0.29, 0.717) is 5.92 Å². The van der Waals surface area contributed by atoms with Gasteiger partial charge in [-0.2, -0.15) is 0 Å². The zero-order chi connectivity index (χ0) is 59.1. The van der Waals surface area contributed by atoms with Crippen molar-refractivity contribution >= 4 is 74.2 Å². The van der Waals surface area contributed by atoms with E-state index in [1.807, 2.05) is 6.08 Å². The standard InChI is InChI=1S/C82H78BN3/c1-54-42-45-80(8,9)67-53-70-74(52-65(54)67)85(71-40-37-61(78(2,3)4)48-66(71)57-30-19-13-20-31-57)76-51-64(86-72-41-38-62(79(5,6)7)49-68(72)82(60-33-21-14-22-34-60)44-24-23-43-81(82,86)10)50-75-77(76)83(70)69-39-36-59(56-28-17-12-18-29-56)47-73(69)84(75)63-35-25-32-58(46-63)55-26-15-11-16-27-55/h11-12,14-19,21-22,25-41,46-54H,23-24,42-45H2,1-10H3. The van der Waals surface area contributed by atoms with Crippen molar-refractivity contribution in [1.82, 2.24) is 0 Å². The van der Waals surface area contributed by atoms with Gasteiger partial charge in [0.25, 0.3) is 6.71 Å². The maximum atomic E-state index is 3.40. The van der Waals surface area contributed by atoms with Gasteiger partial charge < -0.3 is 14.7 Å². The first-order valence-electron chi connectivity index (χ1n) is 31.8. The molecule has 86 heavy (non-hydrogen) atoms. The minimum absolute atomic E-state index is 0.000172. The zero-order valence-corrected chi connectivity index (χ0v) is 51.9. The van der Waals surface area contributed by atoms with E-state index in [2.05, 4.69) is 302 Å². The molecule has 0 radical (unpaired) electrons. The summed E-state index contributed by atoms with van der Waals surface area (Å²) in [7, 11) is 0. The van der Waals surface area contributed by atoms with E-state index in [1.165, 1.54) is 124 Å². The highest BCUT2D eigenvalue weighted by Gasteiger charge is 2.62. The quantitative estimate of drug-likeness (QED) is 0.116. The van der Waals surface area contributed by atoms with Gasteiger partial charge in [0.2, 0.25) is 0 Å². The Kier molecular flexibility index (Phi) is 12.4. The maximum Gasteiger partial charge on any atom is 0.252 e. The van der Waals surface area contributed by atoms with Crippen molar-refractivity contribution in [2.45, 2.75) is 141 Å². The van der Waals surface area contributed by atoms with Crippen LogP contribution in [-0.4, -0.2) is 12.3 Å². The molecule has 1 fully saturated rings. The van der Waals surface area contributed by atoms with Crippen LogP contribution in [0.15, 0.2) is 224 Å². The van der Waals surface area contributed by atoms with Gasteiger partial charge in [-0.05, 0) is 205 Å². The largest absolute Gasteiger partial charge is 0.334 e. The number of anilines is 8. The second-order valence-electron chi connectivity index (χ2n) is 28.7. The molecule has 3 nitrogen and oxygen atoms in total. The van der Waals surface area contributed by atoms with Crippen molar-refractivity contribution < 1.29 is 0 Å². The molecular weight excluding hydrogens is 1040 g/mol. The topological polar surface area (TPSA) is 9.72 Å². The van der Waals surface area contributed by atoms with Crippen LogP contribution in [0, 0.1) is 0 Å². The van der Waals surface area contributed by atoms with Gasteiger partial charge in [-0.3, -0.25) is 0 Å². The number of rotatable bonds is 7. The molecule has 6 aliphatic rings. The van der Waals surface area contributed by atoms with Crippen LogP contribution in [0.1, 0.15) is 153 Å². The highest BCUT2D eigenvalue weighted by Crippen LogP contribution is 2.65. The van der Waals surface area contributed by atoms with Crippen molar-refractivity contribution in [3.8, 4) is 22.3 Å². The van der Waals surface area contributed by atoms with E-state index in [4.69, 9.17) is 0 Å². The normalized spacial score (nSPS) is 20.4. The Morgan fingerprint density at radius 1 is 0.488 bits per heavy atom. The summed E-state index contributed by atoms with van der Waals surface area (Å²) in [4.78, 5) is 8.26.